The molecule has 0 aliphatic carbocycles. The van der Waals surface area contributed by atoms with E-state index in [-0.39, 0.29) is 6.54 Å². The molecule has 1 N–H and O–H groups in total. The number of carbonyl (C=O) groups excluding carboxylic acids is 1. The molecule has 1 unspecified atom stereocenters. The van der Waals surface area contributed by atoms with Gasteiger partial charge in [-0.1, -0.05) is 28.1 Å². The molecule has 0 radical (unpaired) electrons. The zero-order valence-electron chi connectivity index (χ0n) is 13.3. The Morgan fingerprint density at radius 2 is 1.82 bits per heavy atom. The predicted octanol–water partition coefficient (Wildman–Crippen LogP) is 3.56. The van der Waals surface area contributed by atoms with Crippen LogP contribution in [0.3, 0.4) is 0 Å². The highest BCUT2D eigenvalue weighted by molar-refractivity contribution is 9.10. The Morgan fingerprint density at radius 1 is 1.27 bits per heavy atom. The highest BCUT2D eigenvalue weighted by Gasteiger charge is 2.25. The summed E-state index contributed by atoms with van der Waals surface area (Å²) in [6, 6.07) is 7.47. The van der Waals surface area contributed by atoms with Gasteiger partial charge in [0.2, 0.25) is 0 Å². The highest BCUT2D eigenvalue weighted by atomic mass is 79.9. The van der Waals surface area contributed by atoms with Crippen LogP contribution in [-0.4, -0.2) is 41.3 Å². The third-order valence-corrected chi connectivity index (χ3v) is 3.47. The lowest BCUT2D eigenvalue weighted by molar-refractivity contribution is -0.142. The van der Waals surface area contributed by atoms with E-state index < -0.39 is 23.6 Å². The Balaban J connectivity index is 2.70. The second kappa shape index (κ2) is 7.63. The molecule has 0 aromatic heterocycles. The lowest BCUT2D eigenvalue weighted by Crippen LogP contribution is -2.39. The first kappa shape index (κ1) is 18.5. The van der Waals surface area contributed by atoms with Crippen molar-refractivity contribution in [2.75, 3.05) is 13.6 Å². The molecule has 6 heteroatoms. The van der Waals surface area contributed by atoms with Gasteiger partial charge >= 0.3 is 12.1 Å². The Bertz CT molecular complexity index is 522. The summed E-state index contributed by atoms with van der Waals surface area (Å²) in [6.07, 6.45) is -0.162. The minimum atomic E-state index is -0.932. The molecule has 0 saturated carbocycles. The van der Waals surface area contributed by atoms with Crippen LogP contribution in [0.1, 0.15) is 26.3 Å². The van der Waals surface area contributed by atoms with Crippen LogP contribution < -0.4 is 0 Å². The number of amides is 1. The number of ether oxygens (including phenoxy) is 1. The molecule has 5 nitrogen and oxygen atoms in total. The fraction of sp³-hybridized carbons (Fsp3) is 0.500. The molecule has 1 aromatic carbocycles. The number of hydrogen-bond donors (Lipinski definition) is 1. The first-order chi connectivity index (χ1) is 10.1. The van der Waals surface area contributed by atoms with Gasteiger partial charge in [-0.3, -0.25) is 4.79 Å². The third-order valence-electron chi connectivity index (χ3n) is 2.94. The molecule has 1 aromatic rings. The van der Waals surface area contributed by atoms with Gasteiger partial charge < -0.3 is 14.7 Å². The van der Waals surface area contributed by atoms with Crippen molar-refractivity contribution in [2.24, 2.45) is 5.92 Å². The van der Waals surface area contributed by atoms with Crippen LogP contribution in [0.15, 0.2) is 28.7 Å². The molecule has 122 valence electrons. The number of carbonyl (C=O) groups is 2. The van der Waals surface area contributed by atoms with Crippen LogP contribution in [0.4, 0.5) is 4.79 Å². The monoisotopic (exact) mass is 371 g/mol. The van der Waals surface area contributed by atoms with Gasteiger partial charge in [0.15, 0.2) is 0 Å². The fourth-order valence-electron chi connectivity index (χ4n) is 1.88. The van der Waals surface area contributed by atoms with Gasteiger partial charge in [0.25, 0.3) is 0 Å². The molecule has 1 rings (SSSR count). The van der Waals surface area contributed by atoms with E-state index in [1.54, 1.807) is 27.8 Å². The average molecular weight is 372 g/mol. The van der Waals surface area contributed by atoms with Crippen molar-refractivity contribution in [2.45, 2.75) is 32.8 Å². The minimum Gasteiger partial charge on any atom is -0.481 e. The summed E-state index contributed by atoms with van der Waals surface area (Å²) < 4.78 is 6.17. The van der Waals surface area contributed by atoms with E-state index in [4.69, 9.17) is 4.74 Å². The summed E-state index contributed by atoms with van der Waals surface area (Å²) in [5.74, 6) is -1.61. The van der Waals surface area contributed by atoms with Crippen LogP contribution in [-0.2, 0) is 16.0 Å². The molecule has 1 amide bonds. The maximum atomic E-state index is 11.9. The van der Waals surface area contributed by atoms with Crippen molar-refractivity contribution in [3.05, 3.63) is 34.3 Å². The van der Waals surface area contributed by atoms with Crippen molar-refractivity contribution in [3.8, 4) is 0 Å². The fourth-order valence-corrected chi connectivity index (χ4v) is 2.14. The van der Waals surface area contributed by atoms with Gasteiger partial charge in [-0.05, 0) is 44.9 Å². The van der Waals surface area contributed by atoms with Crippen LogP contribution in [0.2, 0.25) is 0 Å². The molecular weight excluding hydrogens is 350 g/mol. The molecule has 22 heavy (non-hydrogen) atoms. The second-order valence-corrected chi connectivity index (χ2v) is 7.14. The average Bonchev–Trinajstić information content (AvgIpc) is 2.38. The summed E-state index contributed by atoms with van der Waals surface area (Å²) >= 11 is 3.34. The zero-order chi connectivity index (χ0) is 16.9. The maximum Gasteiger partial charge on any atom is 0.410 e. The first-order valence-electron chi connectivity index (χ1n) is 7.00. The Kier molecular flexibility index (Phi) is 6.41. The quantitative estimate of drug-likeness (QED) is 0.858. The van der Waals surface area contributed by atoms with Crippen molar-refractivity contribution >= 4 is 28.0 Å². The van der Waals surface area contributed by atoms with E-state index in [9.17, 15) is 14.7 Å². The summed E-state index contributed by atoms with van der Waals surface area (Å²) in [5.41, 5.74) is 0.309. The number of nitrogens with zero attached hydrogens (tertiary/aromatic N) is 1. The third kappa shape index (κ3) is 6.47. The van der Waals surface area contributed by atoms with Gasteiger partial charge in [-0.25, -0.2) is 4.79 Å². The van der Waals surface area contributed by atoms with E-state index in [2.05, 4.69) is 15.9 Å². The molecular formula is C16H22BrNO4. The standard InChI is InChI=1S/C16H22BrNO4/c1-16(2,3)22-15(21)18(4)10-12(14(19)20)9-11-5-7-13(17)8-6-11/h5-8,12H,9-10H2,1-4H3,(H,19,20). The van der Waals surface area contributed by atoms with E-state index in [1.807, 2.05) is 24.3 Å². The number of hydrogen-bond acceptors (Lipinski definition) is 3. The Morgan fingerprint density at radius 3 is 2.27 bits per heavy atom. The van der Waals surface area contributed by atoms with Gasteiger partial charge in [0.1, 0.15) is 5.60 Å². The van der Waals surface area contributed by atoms with Crippen molar-refractivity contribution < 1.29 is 19.4 Å². The van der Waals surface area contributed by atoms with Crippen molar-refractivity contribution in [1.29, 1.82) is 0 Å². The molecule has 0 aliphatic rings. The van der Waals surface area contributed by atoms with Gasteiger partial charge in [-0.2, -0.15) is 0 Å². The van der Waals surface area contributed by atoms with Gasteiger partial charge in [-0.15, -0.1) is 0 Å². The van der Waals surface area contributed by atoms with Gasteiger partial charge in [0.05, 0.1) is 5.92 Å². The number of carboxylic acids is 1. The smallest absolute Gasteiger partial charge is 0.410 e. The normalized spacial score (nSPS) is 12.6. The predicted molar refractivity (Wildman–Crippen MR) is 87.8 cm³/mol. The van der Waals surface area contributed by atoms with E-state index in [0.717, 1.165) is 10.0 Å². The number of rotatable bonds is 5. The molecule has 0 aliphatic heterocycles. The summed E-state index contributed by atoms with van der Waals surface area (Å²) in [4.78, 5) is 24.7. The number of halogens is 1. The van der Waals surface area contributed by atoms with Crippen LogP contribution in [0.25, 0.3) is 0 Å². The summed E-state index contributed by atoms with van der Waals surface area (Å²) in [7, 11) is 1.55. The van der Waals surface area contributed by atoms with Crippen LogP contribution in [0, 0.1) is 5.92 Å². The maximum absolute atomic E-state index is 11.9. The van der Waals surface area contributed by atoms with Crippen LogP contribution >= 0.6 is 15.9 Å². The van der Waals surface area contributed by atoms with Crippen LogP contribution in [0.5, 0.6) is 0 Å². The van der Waals surface area contributed by atoms with E-state index in [1.165, 1.54) is 4.90 Å². The largest absolute Gasteiger partial charge is 0.481 e. The summed E-state index contributed by atoms with van der Waals surface area (Å²) in [6.45, 7) is 5.42. The molecule has 1 atom stereocenters. The molecule has 0 spiro atoms. The lowest BCUT2D eigenvalue weighted by Gasteiger charge is -2.26. The zero-order valence-corrected chi connectivity index (χ0v) is 14.9. The van der Waals surface area contributed by atoms with E-state index >= 15 is 0 Å². The van der Waals surface area contributed by atoms with Gasteiger partial charge in [0, 0.05) is 18.1 Å². The molecule has 0 fully saturated rings. The first-order valence-corrected chi connectivity index (χ1v) is 7.79. The van der Waals surface area contributed by atoms with E-state index in [0.29, 0.717) is 6.42 Å². The van der Waals surface area contributed by atoms with Crippen molar-refractivity contribution in [1.82, 2.24) is 4.90 Å². The number of aliphatic carboxylic acids is 1. The van der Waals surface area contributed by atoms with Crippen molar-refractivity contribution in [3.63, 3.8) is 0 Å². The Labute approximate surface area is 139 Å². The minimum absolute atomic E-state index is 0.0975. The SMILES string of the molecule is CN(CC(Cc1ccc(Br)cc1)C(=O)O)C(=O)OC(C)(C)C. The highest BCUT2D eigenvalue weighted by Crippen LogP contribution is 2.16. The molecule has 0 saturated heterocycles. The summed E-state index contributed by atoms with van der Waals surface area (Å²) in [5, 5.41) is 9.36. The number of benzene rings is 1. The molecule has 0 heterocycles. The topological polar surface area (TPSA) is 66.8 Å². The molecule has 0 bridgehead atoms. The lowest BCUT2D eigenvalue weighted by atomic mass is 9.99. The Hall–Kier alpha value is -1.56. The second-order valence-electron chi connectivity index (χ2n) is 6.23. The number of carboxylic acid groups (broad SMARTS) is 1.